The standard InChI is InChI=1S/C27H22F2N6O2/c1-14-7-8-16(9-15(14)2)24-25(35(31)22-11-20(29)19(28)10-21(22)30)26(36)34(27(37)33-24)23-13-32-12-17-5-3-4-6-18(17)23/h3-13H,30-31H2,1-2H3,(H,33,37). The summed E-state index contributed by atoms with van der Waals surface area (Å²) in [4.78, 5) is 34.4. The topological polar surface area (TPSA) is 123 Å². The number of rotatable bonds is 4. The Labute approximate surface area is 209 Å². The van der Waals surface area contributed by atoms with Crippen LogP contribution >= 0.6 is 0 Å². The SMILES string of the molecule is Cc1ccc(-c2[nH]c(=O)n(-c3cncc4ccccc34)c(=O)c2N(N)c2cc(F)c(F)cc2N)cc1C. The van der Waals surface area contributed by atoms with Crippen LogP contribution in [0.3, 0.4) is 0 Å². The third-order valence-electron chi connectivity index (χ3n) is 6.33. The monoisotopic (exact) mass is 500 g/mol. The van der Waals surface area contributed by atoms with Gasteiger partial charge in [0.1, 0.15) is 5.69 Å². The van der Waals surface area contributed by atoms with Gasteiger partial charge in [0, 0.05) is 34.7 Å². The molecular formula is C27H22F2N6O2. The number of nitrogens with two attached hydrogens (primary N) is 2. The van der Waals surface area contributed by atoms with Crippen LogP contribution in [0.2, 0.25) is 0 Å². The minimum atomic E-state index is -1.20. The minimum absolute atomic E-state index is 0.0918. The summed E-state index contributed by atoms with van der Waals surface area (Å²) < 4.78 is 28.9. The van der Waals surface area contributed by atoms with Crippen LogP contribution in [0.25, 0.3) is 27.7 Å². The number of halogens is 2. The van der Waals surface area contributed by atoms with E-state index in [-0.39, 0.29) is 28.4 Å². The zero-order valence-electron chi connectivity index (χ0n) is 19.9. The minimum Gasteiger partial charge on any atom is -0.397 e. The molecule has 0 saturated carbocycles. The number of fused-ring (bicyclic) bond motifs is 1. The van der Waals surface area contributed by atoms with Gasteiger partial charge in [0.2, 0.25) is 0 Å². The zero-order chi connectivity index (χ0) is 26.4. The van der Waals surface area contributed by atoms with Gasteiger partial charge in [0.05, 0.1) is 29.0 Å². The lowest BCUT2D eigenvalue weighted by atomic mass is 10.0. The smallest absolute Gasteiger partial charge is 0.333 e. The first-order valence-corrected chi connectivity index (χ1v) is 11.3. The number of aromatic nitrogens is 3. The molecule has 5 aromatic rings. The summed E-state index contributed by atoms with van der Waals surface area (Å²) >= 11 is 0. The summed E-state index contributed by atoms with van der Waals surface area (Å²) in [5, 5.41) is 2.17. The van der Waals surface area contributed by atoms with Gasteiger partial charge in [-0.3, -0.25) is 14.8 Å². The van der Waals surface area contributed by atoms with Crippen molar-refractivity contribution in [3.63, 3.8) is 0 Å². The van der Waals surface area contributed by atoms with Gasteiger partial charge in [-0.15, -0.1) is 0 Å². The maximum Gasteiger partial charge on any atom is 0.333 e. The Hall–Kier alpha value is -4.83. The van der Waals surface area contributed by atoms with E-state index in [0.717, 1.165) is 32.8 Å². The third-order valence-corrected chi connectivity index (χ3v) is 6.33. The molecule has 0 amide bonds. The Balaban J connectivity index is 1.86. The summed E-state index contributed by atoms with van der Waals surface area (Å²) in [7, 11) is 0. The highest BCUT2D eigenvalue weighted by atomic mass is 19.2. The fourth-order valence-corrected chi connectivity index (χ4v) is 4.23. The number of H-pyrrole nitrogens is 1. The van der Waals surface area contributed by atoms with Crippen LogP contribution in [-0.2, 0) is 0 Å². The van der Waals surface area contributed by atoms with Gasteiger partial charge in [-0.05, 0) is 31.0 Å². The number of hydrazine groups is 1. The van der Waals surface area contributed by atoms with Crippen molar-refractivity contribution in [2.45, 2.75) is 13.8 Å². The number of aryl methyl sites for hydroxylation is 2. The van der Waals surface area contributed by atoms with E-state index in [9.17, 15) is 18.4 Å². The van der Waals surface area contributed by atoms with E-state index in [1.54, 1.807) is 36.5 Å². The van der Waals surface area contributed by atoms with Crippen LogP contribution < -0.4 is 27.8 Å². The Kier molecular flexibility index (Phi) is 5.81. The fourth-order valence-electron chi connectivity index (χ4n) is 4.23. The molecule has 5 rings (SSSR count). The van der Waals surface area contributed by atoms with Gasteiger partial charge < -0.3 is 10.7 Å². The van der Waals surface area contributed by atoms with E-state index in [2.05, 4.69) is 9.97 Å². The summed E-state index contributed by atoms with van der Waals surface area (Å²) in [6, 6.07) is 14.0. The number of nitrogens with one attached hydrogen (secondary N) is 1. The van der Waals surface area contributed by atoms with E-state index in [1.165, 1.54) is 6.20 Å². The Morgan fingerprint density at radius 1 is 0.946 bits per heavy atom. The highest BCUT2D eigenvalue weighted by Crippen LogP contribution is 2.33. The zero-order valence-corrected chi connectivity index (χ0v) is 19.9. The van der Waals surface area contributed by atoms with Crippen molar-refractivity contribution in [3.05, 3.63) is 111 Å². The molecule has 37 heavy (non-hydrogen) atoms. The maximum absolute atomic E-state index is 14.2. The lowest BCUT2D eigenvalue weighted by molar-refractivity contribution is 0.509. The molecule has 186 valence electrons. The molecule has 0 saturated heterocycles. The van der Waals surface area contributed by atoms with Gasteiger partial charge in [-0.25, -0.2) is 24.0 Å². The van der Waals surface area contributed by atoms with E-state index in [1.807, 2.05) is 26.0 Å². The van der Waals surface area contributed by atoms with Crippen molar-refractivity contribution in [1.29, 1.82) is 0 Å². The predicted molar refractivity (Wildman–Crippen MR) is 140 cm³/mol. The highest BCUT2D eigenvalue weighted by molar-refractivity contribution is 5.89. The molecule has 0 aliphatic carbocycles. The number of pyridine rings is 1. The molecular weight excluding hydrogens is 478 g/mol. The second-order valence-corrected chi connectivity index (χ2v) is 8.67. The fraction of sp³-hybridized carbons (Fsp3) is 0.0741. The molecule has 2 aromatic heterocycles. The molecule has 0 aliphatic rings. The molecule has 0 fully saturated rings. The molecule has 8 nitrogen and oxygen atoms in total. The summed E-state index contributed by atoms with van der Waals surface area (Å²) in [6.45, 7) is 3.80. The number of benzene rings is 3. The lowest BCUT2D eigenvalue weighted by Crippen LogP contribution is -2.41. The van der Waals surface area contributed by atoms with E-state index in [0.29, 0.717) is 16.3 Å². The Morgan fingerprint density at radius 2 is 1.68 bits per heavy atom. The largest absolute Gasteiger partial charge is 0.397 e. The molecule has 0 bridgehead atoms. The molecule has 0 aliphatic heterocycles. The molecule has 0 atom stereocenters. The van der Waals surface area contributed by atoms with Crippen LogP contribution in [0.4, 0.5) is 25.8 Å². The third kappa shape index (κ3) is 4.03. The first kappa shape index (κ1) is 23.9. The van der Waals surface area contributed by atoms with Gasteiger partial charge >= 0.3 is 5.69 Å². The number of nitrogens with zero attached hydrogens (tertiary/aromatic N) is 3. The summed E-state index contributed by atoms with van der Waals surface area (Å²) in [5.41, 5.74) is 6.57. The van der Waals surface area contributed by atoms with Crippen LogP contribution in [0.5, 0.6) is 0 Å². The van der Waals surface area contributed by atoms with Crippen molar-refractivity contribution in [2.75, 3.05) is 10.7 Å². The quantitative estimate of drug-likeness (QED) is 0.193. The normalized spacial score (nSPS) is 11.2. The van der Waals surface area contributed by atoms with Crippen molar-refractivity contribution >= 4 is 27.8 Å². The van der Waals surface area contributed by atoms with Crippen molar-refractivity contribution in [1.82, 2.24) is 14.5 Å². The molecule has 5 N–H and O–H groups in total. The molecule has 3 aromatic carbocycles. The van der Waals surface area contributed by atoms with Crippen LogP contribution in [-0.4, -0.2) is 14.5 Å². The molecule has 10 heteroatoms. The van der Waals surface area contributed by atoms with E-state index in [4.69, 9.17) is 11.6 Å². The Bertz CT molecular complexity index is 1810. The number of hydrogen-bond donors (Lipinski definition) is 3. The average molecular weight is 501 g/mol. The first-order chi connectivity index (χ1) is 17.7. The maximum atomic E-state index is 14.2. The van der Waals surface area contributed by atoms with Crippen molar-refractivity contribution in [3.8, 4) is 16.9 Å². The highest BCUT2D eigenvalue weighted by Gasteiger charge is 2.24. The van der Waals surface area contributed by atoms with Crippen LogP contribution in [0.1, 0.15) is 11.1 Å². The summed E-state index contributed by atoms with van der Waals surface area (Å²) in [5.74, 6) is 4.00. The van der Waals surface area contributed by atoms with E-state index >= 15 is 0 Å². The molecule has 0 unspecified atom stereocenters. The van der Waals surface area contributed by atoms with Gasteiger partial charge in [-0.2, -0.15) is 0 Å². The predicted octanol–water partition coefficient (Wildman–Crippen LogP) is 4.23. The number of nitrogen functional groups attached to an aromatic ring is 1. The summed E-state index contributed by atoms with van der Waals surface area (Å²) in [6.07, 6.45) is 3.00. The van der Waals surface area contributed by atoms with Gasteiger partial charge in [-0.1, -0.05) is 36.4 Å². The van der Waals surface area contributed by atoms with Gasteiger partial charge in [0.25, 0.3) is 5.56 Å². The average Bonchev–Trinajstić information content (AvgIpc) is 2.87. The Morgan fingerprint density at radius 3 is 2.43 bits per heavy atom. The second kappa shape index (κ2) is 8.99. The number of anilines is 3. The molecule has 2 heterocycles. The van der Waals surface area contributed by atoms with Gasteiger partial charge in [0.15, 0.2) is 11.6 Å². The van der Waals surface area contributed by atoms with Crippen molar-refractivity contribution < 1.29 is 8.78 Å². The second-order valence-electron chi connectivity index (χ2n) is 8.67. The lowest BCUT2D eigenvalue weighted by Gasteiger charge is -2.24. The van der Waals surface area contributed by atoms with Crippen molar-refractivity contribution in [2.24, 2.45) is 5.84 Å². The number of hydrogen-bond acceptors (Lipinski definition) is 6. The van der Waals surface area contributed by atoms with Crippen LogP contribution in [0.15, 0.2) is 76.6 Å². The first-order valence-electron chi connectivity index (χ1n) is 11.3. The number of aromatic amines is 1. The molecule has 0 radical (unpaired) electrons. The van der Waals surface area contributed by atoms with E-state index < -0.39 is 22.9 Å². The molecule has 0 spiro atoms. The van der Waals surface area contributed by atoms with Crippen LogP contribution in [0, 0.1) is 25.5 Å².